The van der Waals surface area contributed by atoms with Gasteiger partial charge < -0.3 is 4.90 Å². The minimum Gasteiger partial charge on any atom is -0.356 e. The van der Waals surface area contributed by atoms with Crippen molar-refractivity contribution in [2.24, 2.45) is 0 Å². The van der Waals surface area contributed by atoms with E-state index >= 15 is 0 Å². The third kappa shape index (κ3) is 1.69. The van der Waals surface area contributed by atoms with Crippen LogP contribution in [-0.2, 0) is 6.42 Å². The minimum absolute atomic E-state index is 0.615. The van der Waals surface area contributed by atoms with E-state index in [1.807, 2.05) is 0 Å². The number of rotatable bonds is 3. The van der Waals surface area contributed by atoms with E-state index in [2.05, 4.69) is 21.8 Å². The molecule has 0 atom stereocenters. The maximum atomic E-state index is 6.06. The quantitative estimate of drug-likeness (QED) is 0.719. The van der Waals surface area contributed by atoms with Gasteiger partial charge in [-0.1, -0.05) is 24.9 Å². The summed E-state index contributed by atoms with van der Waals surface area (Å²) >= 11 is 6.06. The Morgan fingerprint density at radius 3 is 2.79 bits per heavy atom. The van der Waals surface area contributed by atoms with Crippen molar-refractivity contribution in [3.63, 3.8) is 0 Å². The number of hydrogen-bond donors (Lipinski definition) is 0. The number of hydrogen-bond acceptors (Lipinski definition) is 3. The summed E-state index contributed by atoms with van der Waals surface area (Å²) in [5, 5.41) is 0.615. The van der Waals surface area contributed by atoms with E-state index in [0.717, 1.165) is 37.3 Å². The van der Waals surface area contributed by atoms with E-state index in [9.17, 15) is 0 Å². The lowest BCUT2D eigenvalue weighted by atomic mass is 10.1. The molecule has 0 unspecified atom stereocenters. The van der Waals surface area contributed by atoms with Crippen molar-refractivity contribution in [3.8, 4) is 0 Å². The van der Waals surface area contributed by atoms with E-state index in [0.29, 0.717) is 5.15 Å². The summed E-state index contributed by atoms with van der Waals surface area (Å²) in [4.78, 5) is 10.6. The maximum Gasteiger partial charge on any atom is 0.137 e. The van der Waals surface area contributed by atoms with Crippen LogP contribution in [0.5, 0.6) is 0 Å². The van der Waals surface area contributed by atoms with Crippen LogP contribution in [-0.4, -0.2) is 23.1 Å². The molecule has 2 rings (SSSR count). The molecule has 1 aromatic heterocycles. The van der Waals surface area contributed by atoms with Crippen LogP contribution in [0.15, 0.2) is 6.33 Å². The van der Waals surface area contributed by atoms with Crippen LogP contribution in [0, 0.1) is 0 Å². The van der Waals surface area contributed by atoms with Crippen molar-refractivity contribution in [3.05, 3.63) is 17.0 Å². The average Bonchev–Trinajstić information content (AvgIpc) is 2.08. The molecule has 1 saturated heterocycles. The lowest BCUT2D eigenvalue weighted by molar-refractivity contribution is 0.604. The standard InChI is InChI=1S/C10H14ClN3/c1-2-4-8-9(11)12-7-13-10(8)14-5-3-6-14/h7H,2-6H2,1H3. The summed E-state index contributed by atoms with van der Waals surface area (Å²) in [6.07, 6.45) is 4.85. The van der Waals surface area contributed by atoms with Crippen LogP contribution < -0.4 is 4.90 Å². The normalized spacial score (nSPS) is 15.4. The van der Waals surface area contributed by atoms with Crippen LogP contribution in [0.4, 0.5) is 5.82 Å². The fourth-order valence-corrected chi connectivity index (χ4v) is 1.87. The molecule has 14 heavy (non-hydrogen) atoms. The first kappa shape index (κ1) is 9.71. The van der Waals surface area contributed by atoms with E-state index in [1.54, 1.807) is 6.33 Å². The molecule has 0 spiro atoms. The SMILES string of the molecule is CCCc1c(Cl)ncnc1N1CCC1. The fraction of sp³-hybridized carbons (Fsp3) is 0.600. The molecule has 0 aromatic carbocycles. The van der Waals surface area contributed by atoms with Crippen LogP contribution in [0.3, 0.4) is 0 Å². The zero-order valence-corrected chi connectivity index (χ0v) is 9.09. The second-order valence-corrected chi connectivity index (χ2v) is 3.92. The third-order valence-electron chi connectivity index (χ3n) is 2.53. The molecule has 1 aliphatic rings. The zero-order valence-electron chi connectivity index (χ0n) is 8.33. The molecule has 1 fully saturated rings. The molecule has 76 valence electrons. The van der Waals surface area contributed by atoms with Gasteiger partial charge in [0.2, 0.25) is 0 Å². The fourth-order valence-electron chi connectivity index (χ4n) is 1.65. The first-order valence-corrected chi connectivity index (χ1v) is 5.45. The molecule has 0 saturated carbocycles. The summed E-state index contributed by atoms with van der Waals surface area (Å²) in [6, 6.07) is 0. The summed E-state index contributed by atoms with van der Waals surface area (Å²) in [6.45, 7) is 4.34. The van der Waals surface area contributed by atoms with Gasteiger partial charge in [0.15, 0.2) is 0 Å². The predicted octanol–water partition coefficient (Wildman–Crippen LogP) is 2.29. The zero-order chi connectivity index (χ0) is 9.97. The van der Waals surface area contributed by atoms with Gasteiger partial charge in [-0.3, -0.25) is 0 Å². The number of halogens is 1. The van der Waals surface area contributed by atoms with Gasteiger partial charge in [-0.05, 0) is 12.8 Å². The second-order valence-electron chi connectivity index (χ2n) is 3.56. The van der Waals surface area contributed by atoms with Gasteiger partial charge in [-0.2, -0.15) is 0 Å². The molecule has 0 radical (unpaired) electrons. The largest absolute Gasteiger partial charge is 0.356 e. The molecular weight excluding hydrogens is 198 g/mol. The highest BCUT2D eigenvalue weighted by molar-refractivity contribution is 6.30. The van der Waals surface area contributed by atoms with E-state index in [4.69, 9.17) is 11.6 Å². The van der Waals surface area contributed by atoms with Crippen molar-refractivity contribution >= 4 is 17.4 Å². The Morgan fingerprint density at radius 2 is 2.21 bits per heavy atom. The number of aromatic nitrogens is 2. The molecule has 4 heteroatoms. The van der Waals surface area contributed by atoms with Gasteiger partial charge in [0.25, 0.3) is 0 Å². The van der Waals surface area contributed by atoms with Gasteiger partial charge in [0, 0.05) is 18.7 Å². The topological polar surface area (TPSA) is 29.0 Å². The Kier molecular flexibility index (Phi) is 2.87. The van der Waals surface area contributed by atoms with Crippen LogP contribution >= 0.6 is 11.6 Å². The molecule has 1 aliphatic heterocycles. The van der Waals surface area contributed by atoms with Crippen molar-refractivity contribution in [1.29, 1.82) is 0 Å². The highest BCUT2D eigenvalue weighted by Gasteiger charge is 2.20. The summed E-state index contributed by atoms with van der Waals surface area (Å²) in [7, 11) is 0. The van der Waals surface area contributed by atoms with Crippen molar-refractivity contribution in [1.82, 2.24) is 9.97 Å². The smallest absolute Gasteiger partial charge is 0.137 e. The molecule has 3 nitrogen and oxygen atoms in total. The van der Waals surface area contributed by atoms with Crippen molar-refractivity contribution in [2.45, 2.75) is 26.2 Å². The predicted molar refractivity (Wildman–Crippen MR) is 57.9 cm³/mol. The maximum absolute atomic E-state index is 6.06. The first-order chi connectivity index (χ1) is 6.83. The van der Waals surface area contributed by atoms with Gasteiger partial charge in [0.1, 0.15) is 17.3 Å². The highest BCUT2D eigenvalue weighted by atomic mass is 35.5. The van der Waals surface area contributed by atoms with Gasteiger partial charge in [-0.15, -0.1) is 0 Å². The van der Waals surface area contributed by atoms with Crippen molar-refractivity contribution in [2.75, 3.05) is 18.0 Å². The summed E-state index contributed by atoms with van der Waals surface area (Å²) in [5.41, 5.74) is 1.11. The lowest BCUT2D eigenvalue weighted by Gasteiger charge is -2.33. The minimum atomic E-state index is 0.615. The summed E-state index contributed by atoms with van der Waals surface area (Å²) < 4.78 is 0. The van der Waals surface area contributed by atoms with E-state index in [1.165, 1.54) is 6.42 Å². The van der Waals surface area contributed by atoms with Gasteiger partial charge >= 0.3 is 0 Å². The van der Waals surface area contributed by atoms with E-state index in [-0.39, 0.29) is 0 Å². The second kappa shape index (κ2) is 4.13. The van der Waals surface area contributed by atoms with Crippen LogP contribution in [0.25, 0.3) is 0 Å². The third-order valence-corrected chi connectivity index (χ3v) is 2.85. The molecule has 0 amide bonds. The van der Waals surface area contributed by atoms with Gasteiger partial charge in [-0.25, -0.2) is 9.97 Å². The molecule has 2 heterocycles. The Bertz CT molecular complexity index is 323. The Balaban J connectivity index is 2.31. The number of nitrogens with zero attached hydrogens (tertiary/aromatic N) is 3. The number of anilines is 1. The first-order valence-electron chi connectivity index (χ1n) is 5.07. The summed E-state index contributed by atoms with van der Waals surface area (Å²) in [5.74, 6) is 1.04. The van der Waals surface area contributed by atoms with Crippen LogP contribution in [0.1, 0.15) is 25.3 Å². The van der Waals surface area contributed by atoms with Gasteiger partial charge in [0.05, 0.1) is 0 Å². The Morgan fingerprint density at radius 1 is 1.43 bits per heavy atom. The molecule has 0 bridgehead atoms. The highest BCUT2D eigenvalue weighted by Crippen LogP contribution is 2.27. The Hall–Kier alpha value is -0.830. The lowest BCUT2D eigenvalue weighted by Crippen LogP contribution is -2.38. The molecule has 1 aromatic rings. The molecular formula is C10H14ClN3. The monoisotopic (exact) mass is 211 g/mol. The average molecular weight is 212 g/mol. The molecule has 0 aliphatic carbocycles. The van der Waals surface area contributed by atoms with Crippen molar-refractivity contribution < 1.29 is 0 Å². The van der Waals surface area contributed by atoms with Crippen LogP contribution in [0.2, 0.25) is 5.15 Å². The van der Waals surface area contributed by atoms with E-state index < -0.39 is 0 Å². The molecule has 0 N–H and O–H groups in total. The Labute approximate surface area is 89.1 Å².